The molecule has 2 aromatic heterocycles. The van der Waals surface area contributed by atoms with E-state index in [1.54, 1.807) is 7.05 Å². The van der Waals surface area contributed by atoms with Crippen molar-refractivity contribution in [3.05, 3.63) is 64.1 Å². The van der Waals surface area contributed by atoms with E-state index in [9.17, 15) is 13.2 Å². The highest BCUT2D eigenvalue weighted by atomic mass is 79.9. The fourth-order valence-electron chi connectivity index (χ4n) is 3.33. The molecular formula is C19H16BrF3N4. The van der Waals surface area contributed by atoms with Crippen LogP contribution in [0.4, 0.5) is 18.9 Å². The van der Waals surface area contributed by atoms with Crippen molar-refractivity contribution in [2.45, 2.75) is 19.1 Å². The number of hydrogen-bond acceptors (Lipinski definition) is 3. The number of imidazole rings is 1. The topological polar surface area (TPSA) is 34.0 Å². The highest BCUT2D eigenvalue weighted by Gasteiger charge is 2.34. The van der Waals surface area contributed by atoms with Crippen molar-refractivity contribution in [2.24, 2.45) is 7.05 Å². The smallest absolute Gasteiger partial charge is 0.367 e. The van der Waals surface area contributed by atoms with Crippen molar-refractivity contribution in [1.82, 2.24) is 14.5 Å². The van der Waals surface area contributed by atoms with E-state index < -0.39 is 11.9 Å². The number of halogens is 4. The van der Waals surface area contributed by atoms with Gasteiger partial charge < -0.3 is 9.47 Å². The first-order chi connectivity index (χ1) is 12.8. The van der Waals surface area contributed by atoms with Crippen molar-refractivity contribution in [3.63, 3.8) is 0 Å². The molecule has 0 aliphatic carbocycles. The molecule has 3 aromatic rings. The molecule has 0 unspecified atom stereocenters. The van der Waals surface area contributed by atoms with E-state index in [1.807, 2.05) is 36.5 Å². The van der Waals surface area contributed by atoms with Crippen molar-refractivity contribution >= 4 is 21.6 Å². The van der Waals surface area contributed by atoms with E-state index in [0.29, 0.717) is 11.4 Å². The fourth-order valence-corrected chi connectivity index (χ4v) is 3.65. The summed E-state index contributed by atoms with van der Waals surface area (Å²) in [6, 6.07) is 9.52. The molecule has 0 spiro atoms. The summed E-state index contributed by atoms with van der Waals surface area (Å²) in [6.07, 6.45) is -0.582. The lowest BCUT2D eigenvalue weighted by Gasteiger charge is -2.19. The van der Waals surface area contributed by atoms with Gasteiger partial charge >= 0.3 is 6.18 Å². The molecule has 0 bridgehead atoms. The van der Waals surface area contributed by atoms with Crippen LogP contribution in [0.2, 0.25) is 0 Å². The maximum absolute atomic E-state index is 12.8. The minimum atomic E-state index is -4.44. The molecule has 0 amide bonds. The summed E-state index contributed by atoms with van der Waals surface area (Å²) in [7, 11) is 1.57. The van der Waals surface area contributed by atoms with E-state index in [2.05, 4.69) is 30.8 Å². The van der Waals surface area contributed by atoms with Crippen LogP contribution < -0.4 is 4.90 Å². The highest BCUT2D eigenvalue weighted by Crippen LogP contribution is 2.32. The molecule has 1 aliphatic heterocycles. The zero-order valence-electron chi connectivity index (χ0n) is 14.5. The maximum Gasteiger partial charge on any atom is 0.434 e. The first kappa shape index (κ1) is 18.0. The summed E-state index contributed by atoms with van der Waals surface area (Å²) >= 11 is 3.41. The van der Waals surface area contributed by atoms with Gasteiger partial charge in [-0.15, -0.1) is 0 Å². The van der Waals surface area contributed by atoms with E-state index in [4.69, 9.17) is 0 Å². The number of nitrogens with zero attached hydrogens (tertiary/aromatic N) is 4. The Bertz CT molecular complexity index is 980. The van der Waals surface area contributed by atoms with Crippen LogP contribution in [-0.4, -0.2) is 21.1 Å². The molecule has 0 atom stereocenters. The van der Waals surface area contributed by atoms with Gasteiger partial charge in [0.2, 0.25) is 0 Å². The van der Waals surface area contributed by atoms with Crippen LogP contribution in [0.25, 0.3) is 11.4 Å². The highest BCUT2D eigenvalue weighted by molar-refractivity contribution is 9.10. The minimum Gasteiger partial charge on any atom is -0.367 e. The van der Waals surface area contributed by atoms with Crippen molar-refractivity contribution in [3.8, 4) is 11.4 Å². The molecule has 4 nitrogen and oxygen atoms in total. The van der Waals surface area contributed by atoms with Gasteiger partial charge in [0.25, 0.3) is 0 Å². The zero-order chi connectivity index (χ0) is 19.2. The second kappa shape index (κ2) is 6.67. The van der Waals surface area contributed by atoms with Crippen LogP contribution >= 0.6 is 15.9 Å². The van der Waals surface area contributed by atoms with Gasteiger partial charge in [-0.05, 0) is 39.5 Å². The lowest BCUT2D eigenvalue weighted by Crippen LogP contribution is -2.19. The molecule has 140 valence electrons. The van der Waals surface area contributed by atoms with Crippen molar-refractivity contribution in [1.29, 1.82) is 0 Å². The summed E-state index contributed by atoms with van der Waals surface area (Å²) in [4.78, 5) is 10.3. The Kier molecular flexibility index (Phi) is 4.46. The molecule has 27 heavy (non-hydrogen) atoms. The third kappa shape index (κ3) is 3.58. The minimum absolute atomic E-state index is 0.301. The number of rotatable bonds is 3. The summed E-state index contributed by atoms with van der Waals surface area (Å²) in [6.45, 7) is 1.65. The molecule has 1 aromatic carbocycles. The lowest BCUT2D eigenvalue weighted by atomic mass is 10.1. The van der Waals surface area contributed by atoms with Gasteiger partial charge in [-0.1, -0.05) is 24.3 Å². The van der Waals surface area contributed by atoms with Gasteiger partial charge in [0.1, 0.15) is 10.4 Å². The number of benzene rings is 1. The molecule has 0 radical (unpaired) electrons. The number of aromatic nitrogens is 3. The fraction of sp³-hybridized carbons (Fsp3) is 0.263. The van der Waals surface area contributed by atoms with E-state index in [1.165, 1.54) is 15.8 Å². The lowest BCUT2D eigenvalue weighted by molar-refractivity contribution is -0.140. The summed E-state index contributed by atoms with van der Waals surface area (Å²) in [5, 5.41) is 0. The first-order valence-electron chi connectivity index (χ1n) is 8.40. The largest absolute Gasteiger partial charge is 0.434 e. The molecular weight excluding hydrogens is 421 g/mol. The molecule has 0 saturated heterocycles. The Morgan fingerprint density at radius 2 is 1.93 bits per heavy atom. The number of aryl methyl sites for hydroxylation is 1. The summed E-state index contributed by atoms with van der Waals surface area (Å²) in [5.74, 6) is 0.301. The standard InChI is InChI=1S/C19H16BrF3N4/c1-26-11-16(19(21,22)23)25-18(26)13-4-2-12(3-5-13)10-27-7-6-14-9-24-17(20)8-15(14)27/h2-5,8-9,11H,6-7,10H2,1H3. The Hall–Kier alpha value is -2.35. The Morgan fingerprint density at radius 1 is 1.19 bits per heavy atom. The van der Waals surface area contributed by atoms with E-state index in [-0.39, 0.29) is 0 Å². The van der Waals surface area contributed by atoms with E-state index >= 15 is 0 Å². The monoisotopic (exact) mass is 436 g/mol. The number of alkyl halides is 3. The van der Waals surface area contributed by atoms with Gasteiger partial charge in [0, 0.05) is 43.8 Å². The molecule has 0 N–H and O–H groups in total. The van der Waals surface area contributed by atoms with Crippen molar-refractivity contribution < 1.29 is 13.2 Å². The average molecular weight is 437 g/mol. The van der Waals surface area contributed by atoms with Crippen LogP contribution in [0.5, 0.6) is 0 Å². The molecule has 4 rings (SSSR count). The van der Waals surface area contributed by atoms with Crippen LogP contribution in [0.1, 0.15) is 16.8 Å². The molecule has 0 saturated carbocycles. The maximum atomic E-state index is 12.8. The number of fused-ring (bicyclic) bond motifs is 1. The van der Waals surface area contributed by atoms with Gasteiger partial charge in [-0.2, -0.15) is 13.2 Å². The average Bonchev–Trinajstić information content (AvgIpc) is 3.19. The molecule has 8 heteroatoms. The Labute approximate surface area is 162 Å². The first-order valence-corrected chi connectivity index (χ1v) is 9.20. The molecule has 0 fully saturated rings. The van der Waals surface area contributed by atoms with Crippen molar-refractivity contribution in [2.75, 3.05) is 11.4 Å². The van der Waals surface area contributed by atoms with Gasteiger partial charge in [0.15, 0.2) is 5.69 Å². The van der Waals surface area contributed by atoms with Gasteiger partial charge in [0.05, 0.1) is 0 Å². The predicted octanol–water partition coefficient (Wildman–Crippen LogP) is 4.83. The Balaban J connectivity index is 1.54. The quantitative estimate of drug-likeness (QED) is 0.551. The zero-order valence-corrected chi connectivity index (χ0v) is 16.0. The van der Waals surface area contributed by atoms with Gasteiger partial charge in [-0.25, -0.2) is 9.97 Å². The van der Waals surface area contributed by atoms with Gasteiger partial charge in [-0.3, -0.25) is 0 Å². The van der Waals surface area contributed by atoms with Crippen LogP contribution in [0, 0.1) is 0 Å². The number of pyridine rings is 1. The van der Waals surface area contributed by atoms with Crippen LogP contribution in [-0.2, 0) is 26.2 Å². The number of hydrogen-bond donors (Lipinski definition) is 0. The third-order valence-electron chi connectivity index (χ3n) is 4.67. The normalized spacial score (nSPS) is 13.9. The summed E-state index contributed by atoms with van der Waals surface area (Å²) in [5.41, 5.74) is 3.26. The second-order valence-corrected chi connectivity index (χ2v) is 7.38. The Morgan fingerprint density at radius 3 is 2.59 bits per heavy atom. The SMILES string of the molecule is Cn1cc(C(F)(F)F)nc1-c1ccc(CN2CCc3cnc(Br)cc32)cc1. The predicted molar refractivity (Wildman–Crippen MR) is 100 cm³/mol. The molecule has 3 heterocycles. The van der Waals surface area contributed by atoms with E-state index in [0.717, 1.165) is 35.9 Å². The molecule has 1 aliphatic rings. The summed E-state index contributed by atoms with van der Waals surface area (Å²) < 4.78 is 40.8. The number of anilines is 1. The van der Waals surface area contributed by atoms with Crippen LogP contribution in [0.15, 0.2) is 47.3 Å². The second-order valence-electron chi connectivity index (χ2n) is 6.56. The van der Waals surface area contributed by atoms with Crippen LogP contribution in [0.3, 0.4) is 0 Å². The third-order valence-corrected chi connectivity index (χ3v) is 5.11.